The minimum absolute atomic E-state index is 0.256. The molecule has 1 aromatic rings. The van der Waals surface area contributed by atoms with Gasteiger partial charge in [-0.3, -0.25) is 0 Å². The van der Waals surface area contributed by atoms with Crippen molar-refractivity contribution in [1.29, 1.82) is 0 Å². The minimum atomic E-state index is 0.256. The lowest BCUT2D eigenvalue weighted by atomic mass is 10.0. The highest BCUT2D eigenvalue weighted by atomic mass is 16.7. The molecule has 0 fully saturated rings. The molecule has 0 spiro atoms. The number of aryl methyl sites for hydroxylation is 1. The van der Waals surface area contributed by atoms with E-state index in [-0.39, 0.29) is 6.79 Å². The number of rotatable bonds is 7. The third kappa shape index (κ3) is 3.83. The highest BCUT2D eigenvalue weighted by Crippen LogP contribution is 2.19. The number of methoxy groups -OCH3 is 1. The van der Waals surface area contributed by atoms with Gasteiger partial charge in [0.05, 0.1) is 0 Å². The summed E-state index contributed by atoms with van der Waals surface area (Å²) in [6.07, 6.45) is 3.39. The lowest BCUT2D eigenvalue weighted by Gasteiger charge is -2.10. The number of benzene rings is 1. The molecule has 2 N–H and O–H groups in total. The lowest BCUT2D eigenvalue weighted by Crippen LogP contribution is -2.04. The molecule has 89 valence electrons. The summed E-state index contributed by atoms with van der Waals surface area (Å²) in [7, 11) is 1.60. The second-order valence-electron chi connectivity index (χ2n) is 3.71. The predicted molar refractivity (Wildman–Crippen MR) is 64.3 cm³/mol. The van der Waals surface area contributed by atoms with Crippen LogP contribution in [0.5, 0.6) is 5.75 Å². The summed E-state index contributed by atoms with van der Waals surface area (Å²) in [5.74, 6) is 0.727. The molecule has 0 atom stereocenters. The second kappa shape index (κ2) is 7.25. The van der Waals surface area contributed by atoms with Crippen molar-refractivity contribution in [3.05, 3.63) is 29.3 Å². The van der Waals surface area contributed by atoms with Crippen molar-refractivity contribution in [1.82, 2.24) is 0 Å². The quantitative estimate of drug-likeness (QED) is 0.720. The summed E-state index contributed by atoms with van der Waals surface area (Å²) in [6.45, 7) is 2.99. The van der Waals surface area contributed by atoms with Crippen LogP contribution < -0.4 is 10.5 Å². The van der Waals surface area contributed by atoms with Crippen molar-refractivity contribution in [2.45, 2.75) is 32.7 Å². The van der Waals surface area contributed by atoms with Crippen molar-refractivity contribution in [3.8, 4) is 5.75 Å². The largest absolute Gasteiger partial charge is 0.467 e. The molecule has 0 amide bonds. The SMILES string of the molecule is CCCCc1cc(OCOC)[c]cc1CN. The molecule has 0 heterocycles. The smallest absolute Gasteiger partial charge is 0.188 e. The van der Waals surface area contributed by atoms with Crippen LogP contribution in [0.3, 0.4) is 0 Å². The Kier molecular flexibility index (Phi) is 5.90. The zero-order chi connectivity index (χ0) is 11.8. The number of nitrogens with two attached hydrogens (primary N) is 1. The molecular formula is C13H20NO2. The molecule has 1 rings (SSSR count). The summed E-state index contributed by atoms with van der Waals surface area (Å²) in [4.78, 5) is 0. The Morgan fingerprint density at radius 1 is 1.38 bits per heavy atom. The lowest BCUT2D eigenvalue weighted by molar-refractivity contribution is 0.0509. The van der Waals surface area contributed by atoms with E-state index >= 15 is 0 Å². The molecule has 16 heavy (non-hydrogen) atoms. The van der Waals surface area contributed by atoms with Crippen LogP contribution in [0.1, 0.15) is 30.9 Å². The molecule has 1 aromatic carbocycles. The molecule has 0 saturated carbocycles. The first kappa shape index (κ1) is 13.0. The number of ether oxygens (including phenoxy) is 2. The first-order valence-electron chi connectivity index (χ1n) is 5.67. The Bertz CT molecular complexity index is 313. The molecule has 3 heteroatoms. The monoisotopic (exact) mass is 222 g/mol. The first-order valence-corrected chi connectivity index (χ1v) is 5.67. The van der Waals surface area contributed by atoms with E-state index in [0.717, 1.165) is 17.7 Å². The average molecular weight is 222 g/mol. The van der Waals surface area contributed by atoms with Crippen LogP contribution in [0.4, 0.5) is 0 Å². The van der Waals surface area contributed by atoms with E-state index in [1.54, 1.807) is 7.11 Å². The van der Waals surface area contributed by atoms with Gasteiger partial charge in [-0.25, -0.2) is 0 Å². The predicted octanol–water partition coefficient (Wildman–Crippen LogP) is 2.27. The average Bonchev–Trinajstić information content (AvgIpc) is 2.33. The van der Waals surface area contributed by atoms with Gasteiger partial charge >= 0.3 is 0 Å². The fourth-order valence-electron chi connectivity index (χ4n) is 1.54. The highest BCUT2D eigenvalue weighted by Gasteiger charge is 2.03. The standard InChI is InChI=1S/C13H20NO2/c1-3-4-5-11-8-13(16-10-15-2)7-6-12(11)9-14/h6,8H,3-5,9-10,14H2,1-2H3. The van der Waals surface area contributed by atoms with Gasteiger partial charge in [0.1, 0.15) is 5.75 Å². The van der Waals surface area contributed by atoms with Gasteiger partial charge in [-0.2, -0.15) is 0 Å². The Labute approximate surface area is 97.6 Å². The van der Waals surface area contributed by atoms with Crippen LogP contribution in [0.25, 0.3) is 0 Å². The van der Waals surface area contributed by atoms with E-state index in [1.165, 1.54) is 18.4 Å². The molecule has 0 saturated heterocycles. The maximum Gasteiger partial charge on any atom is 0.188 e. The Morgan fingerprint density at radius 2 is 2.19 bits per heavy atom. The Morgan fingerprint density at radius 3 is 2.81 bits per heavy atom. The molecule has 0 aliphatic rings. The molecule has 0 unspecified atom stereocenters. The molecule has 0 bridgehead atoms. The van der Waals surface area contributed by atoms with E-state index in [0.29, 0.717) is 6.54 Å². The van der Waals surface area contributed by atoms with Gasteiger partial charge < -0.3 is 15.2 Å². The first-order chi connectivity index (χ1) is 7.81. The highest BCUT2D eigenvalue weighted by molar-refractivity contribution is 5.34. The van der Waals surface area contributed by atoms with Crippen LogP contribution in [0.15, 0.2) is 12.1 Å². The molecule has 0 aliphatic heterocycles. The van der Waals surface area contributed by atoms with Crippen molar-refractivity contribution in [3.63, 3.8) is 0 Å². The van der Waals surface area contributed by atoms with E-state index in [1.807, 2.05) is 12.1 Å². The van der Waals surface area contributed by atoms with Gasteiger partial charge in [-0.05, 0) is 36.1 Å². The number of hydrogen-bond donors (Lipinski definition) is 1. The van der Waals surface area contributed by atoms with Gasteiger partial charge in [-0.1, -0.05) is 13.3 Å². The third-order valence-electron chi connectivity index (χ3n) is 2.46. The zero-order valence-electron chi connectivity index (χ0n) is 10.1. The molecule has 0 aliphatic carbocycles. The fourth-order valence-corrected chi connectivity index (χ4v) is 1.54. The molecular weight excluding hydrogens is 202 g/mol. The van der Waals surface area contributed by atoms with Crippen LogP contribution in [-0.2, 0) is 17.7 Å². The van der Waals surface area contributed by atoms with Crippen LogP contribution in [-0.4, -0.2) is 13.9 Å². The topological polar surface area (TPSA) is 44.5 Å². The summed E-state index contributed by atoms with van der Waals surface area (Å²) in [5, 5.41) is 0. The van der Waals surface area contributed by atoms with Crippen molar-refractivity contribution in [2.75, 3.05) is 13.9 Å². The molecule has 0 aromatic heterocycles. The maximum atomic E-state index is 5.69. The van der Waals surface area contributed by atoms with Gasteiger partial charge in [0.15, 0.2) is 6.79 Å². The van der Waals surface area contributed by atoms with E-state index in [2.05, 4.69) is 13.0 Å². The van der Waals surface area contributed by atoms with Gasteiger partial charge in [0.2, 0.25) is 0 Å². The summed E-state index contributed by atoms with van der Waals surface area (Å²) in [5.41, 5.74) is 8.10. The maximum absolute atomic E-state index is 5.69. The minimum Gasteiger partial charge on any atom is -0.467 e. The van der Waals surface area contributed by atoms with E-state index < -0.39 is 0 Å². The van der Waals surface area contributed by atoms with Crippen molar-refractivity contribution >= 4 is 0 Å². The van der Waals surface area contributed by atoms with E-state index in [9.17, 15) is 0 Å². The number of hydrogen-bond acceptors (Lipinski definition) is 3. The second-order valence-corrected chi connectivity index (χ2v) is 3.71. The van der Waals surface area contributed by atoms with Crippen molar-refractivity contribution in [2.24, 2.45) is 5.73 Å². The number of unbranched alkanes of at least 4 members (excludes halogenated alkanes) is 1. The summed E-state index contributed by atoms with van der Waals surface area (Å²) < 4.78 is 10.2. The van der Waals surface area contributed by atoms with Gasteiger partial charge in [0, 0.05) is 19.7 Å². The summed E-state index contributed by atoms with van der Waals surface area (Å²) >= 11 is 0. The van der Waals surface area contributed by atoms with Gasteiger partial charge in [-0.15, -0.1) is 0 Å². The van der Waals surface area contributed by atoms with Crippen molar-refractivity contribution < 1.29 is 9.47 Å². The zero-order valence-corrected chi connectivity index (χ0v) is 10.1. The van der Waals surface area contributed by atoms with Crippen LogP contribution in [0, 0.1) is 6.07 Å². The third-order valence-corrected chi connectivity index (χ3v) is 2.46. The van der Waals surface area contributed by atoms with Crippen LogP contribution >= 0.6 is 0 Å². The fraction of sp³-hybridized carbons (Fsp3) is 0.538. The van der Waals surface area contributed by atoms with E-state index in [4.69, 9.17) is 15.2 Å². The normalized spacial score (nSPS) is 10.4. The molecule has 3 nitrogen and oxygen atoms in total. The Hall–Kier alpha value is -1.06. The summed E-state index contributed by atoms with van der Waals surface area (Å²) in [6, 6.07) is 6.98. The Balaban J connectivity index is 2.74. The van der Waals surface area contributed by atoms with Crippen LogP contribution in [0.2, 0.25) is 0 Å². The van der Waals surface area contributed by atoms with Gasteiger partial charge in [0.25, 0.3) is 0 Å². The molecule has 1 radical (unpaired) electrons.